The van der Waals surface area contributed by atoms with Gasteiger partial charge < -0.3 is 20.5 Å². The van der Waals surface area contributed by atoms with E-state index < -0.39 is 0 Å². The van der Waals surface area contributed by atoms with Gasteiger partial charge in [-0.25, -0.2) is 0 Å². The van der Waals surface area contributed by atoms with Crippen LogP contribution in [0.15, 0.2) is 0 Å². The molecule has 1 atom stereocenters. The molecule has 1 aliphatic heterocycles. The van der Waals surface area contributed by atoms with Crippen molar-refractivity contribution < 1.29 is 14.3 Å². The zero-order chi connectivity index (χ0) is 13.0. The van der Waals surface area contributed by atoms with Gasteiger partial charge in [0.05, 0.1) is 19.3 Å². The quantitative estimate of drug-likeness (QED) is 0.784. The van der Waals surface area contributed by atoms with Gasteiger partial charge in [-0.1, -0.05) is 13.3 Å². The van der Waals surface area contributed by atoms with Crippen molar-refractivity contribution >= 4 is 5.91 Å². The van der Waals surface area contributed by atoms with E-state index in [0.717, 1.165) is 38.5 Å². The molecule has 0 radical (unpaired) electrons. The van der Waals surface area contributed by atoms with Gasteiger partial charge in [-0.2, -0.15) is 0 Å². The number of carbonyl (C=O) groups excluding carboxylic acids is 1. The fraction of sp³-hybridized carbons (Fsp3) is 0.923. The molecule has 3 N–H and O–H groups in total. The average molecular weight is 256 g/mol. The normalized spacial score (nSPS) is 25.2. The minimum atomic E-state index is -0.370. The first-order valence-electron chi connectivity index (χ1n) is 6.99. The molecular formula is C13H24N2O3. The lowest BCUT2D eigenvalue weighted by Gasteiger charge is -2.35. The summed E-state index contributed by atoms with van der Waals surface area (Å²) >= 11 is 0. The predicted octanol–water partition coefficient (Wildman–Crippen LogP) is 0.916. The van der Waals surface area contributed by atoms with E-state index in [9.17, 15) is 4.79 Å². The molecule has 1 amide bonds. The second-order valence-corrected chi connectivity index (χ2v) is 5.29. The van der Waals surface area contributed by atoms with E-state index in [1.165, 1.54) is 0 Å². The summed E-state index contributed by atoms with van der Waals surface area (Å²) in [5, 5.41) is 3.03. The first-order valence-corrected chi connectivity index (χ1v) is 6.99. The monoisotopic (exact) mass is 256 g/mol. The molecule has 18 heavy (non-hydrogen) atoms. The van der Waals surface area contributed by atoms with Gasteiger partial charge in [0, 0.05) is 18.9 Å². The molecule has 1 saturated heterocycles. The van der Waals surface area contributed by atoms with Crippen molar-refractivity contribution in [2.24, 2.45) is 5.73 Å². The molecule has 1 saturated carbocycles. The maximum absolute atomic E-state index is 11.8. The van der Waals surface area contributed by atoms with Gasteiger partial charge in [0.2, 0.25) is 5.91 Å². The molecule has 2 aliphatic rings. The first kappa shape index (κ1) is 13.8. The lowest BCUT2D eigenvalue weighted by molar-refractivity contribution is -0.180. The number of nitrogens with two attached hydrogens (primary N) is 1. The molecule has 2 rings (SSSR count). The summed E-state index contributed by atoms with van der Waals surface area (Å²) in [6.07, 6.45) is 5.22. The predicted molar refractivity (Wildman–Crippen MR) is 67.9 cm³/mol. The second kappa shape index (κ2) is 5.99. The molecule has 104 valence electrons. The van der Waals surface area contributed by atoms with E-state index in [1.807, 2.05) is 6.92 Å². The Hall–Kier alpha value is -0.650. The SMILES string of the molecule is CCCC(N)C(=O)NC1CCC2(CC1)OCCO2. The van der Waals surface area contributed by atoms with Gasteiger partial charge in [-0.05, 0) is 19.3 Å². The highest BCUT2D eigenvalue weighted by molar-refractivity contribution is 5.81. The van der Waals surface area contributed by atoms with E-state index in [4.69, 9.17) is 15.2 Å². The van der Waals surface area contributed by atoms with Gasteiger partial charge in [0.25, 0.3) is 0 Å². The summed E-state index contributed by atoms with van der Waals surface area (Å²) in [6.45, 7) is 3.42. The Labute approximate surface area is 108 Å². The molecule has 5 heteroatoms. The molecule has 0 aromatic heterocycles. The summed E-state index contributed by atoms with van der Waals surface area (Å²) in [4.78, 5) is 11.8. The summed E-state index contributed by atoms with van der Waals surface area (Å²) < 4.78 is 11.3. The average Bonchev–Trinajstić information content (AvgIpc) is 2.81. The topological polar surface area (TPSA) is 73.6 Å². The number of hydrogen-bond donors (Lipinski definition) is 2. The molecule has 1 aliphatic carbocycles. The van der Waals surface area contributed by atoms with Gasteiger partial charge in [0.15, 0.2) is 5.79 Å². The van der Waals surface area contributed by atoms with Crippen molar-refractivity contribution in [1.29, 1.82) is 0 Å². The van der Waals surface area contributed by atoms with Crippen LogP contribution in [0.2, 0.25) is 0 Å². The van der Waals surface area contributed by atoms with Crippen LogP contribution in [0.25, 0.3) is 0 Å². The van der Waals surface area contributed by atoms with Crippen LogP contribution in [-0.4, -0.2) is 37.0 Å². The van der Waals surface area contributed by atoms with E-state index in [0.29, 0.717) is 13.2 Å². The van der Waals surface area contributed by atoms with Gasteiger partial charge in [-0.3, -0.25) is 4.79 Å². The van der Waals surface area contributed by atoms with Gasteiger partial charge in [-0.15, -0.1) is 0 Å². The zero-order valence-electron chi connectivity index (χ0n) is 11.1. The van der Waals surface area contributed by atoms with Crippen molar-refractivity contribution in [2.75, 3.05) is 13.2 Å². The molecule has 5 nitrogen and oxygen atoms in total. The Morgan fingerprint density at radius 2 is 2.00 bits per heavy atom. The molecule has 1 heterocycles. The lowest BCUT2D eigenvalue weighted by atomic mass is 9.90. The van der Waals surface area contributed by atoms with Crippen LogP contribution < -0.4 is 11.1 Å². The number of ether oxygens (including phenoxy) is 2. The van der Waals surface area contributed by atoms with E-state index >= 15 is 0 Å². The molecule has 0 aromatic carbocycles. The van der Waals surface area contributed by atoms with E-state index in [2.05, 4.69) is 5.32 Å². The maximum atomic E-state index is 11.8. The zero-order valence-corrected chi connectivity index (χ0v) is 11.1. The minimum absolute atomic E-state index is 0.0222. The van der Waals surface area contributed by atoms with E-state index in [-0.39, 0.29) is 23.8 Å². The molecule has 2 fully saturated rings. The molecule has 1 spiro atoms. The van der Waals surface area contributed by atoms with Gasteiger partial charge in [0.1, 0.15) is 0 Å². The number of rotatable bonds is 4. The van der Waals surface area contributed by atoms with Crippen molar-refractivity contribution in [3.8, 4) is 0 Å². The van der Waals surface area contributed by atoms with Crippen LogP contribution in [0.4, 0.5) is 0 Å². The highest BCUT2D eigenvalue weighted by atomic mass is 16.7. The Morgan fingerprint density at radius 3 is 2.56 bits per heavy atom. The Kier molecular flexibility index (Phi) is 4.59. The third kappa shape index (κ3) is 3.22. The Bertz CT molecular complexity index is 280. The highest BCUT2D eigenvalue weighted by Crippen LogP contribution is 2.35. The Balaban J connectivity index is 1.74. The molecule has 1 unspecified atom stereocenters. The summed E-state index contributed by atoms with van der Waals surface area (Å²) in [7, 11) is 0. The van der Waals surface area contributed by atoms with Crippen LogP contribution in [0.3, 0.4) is 0 Å². The standard InChI is InChI=1S/C13H24N2O3/c1-2-3-11(14)12(16)15-10-4-6-13(7-5-10)17-8-9-18-13/h10-11H,2-9,14H2,1H3,(H,15,16). The third-order valence-electron chi connectivity index (χ3n) is 3.84. The Morgan fingerprint density at radius 1 is 1.39 bits per heavy atom. The van der Waals surface area contributed by atoms with Crippen molar-refractivity contribution in [3.05, 3.63) is 0 Å². The molecule has 0 aromatic rings. The third-order valence-corrected chi connectivity index (χ3v) is 3.84. The van der Waals surface area contributed by atoms with Crippen LogP contribution in [0.1, 0.15) is 45.4 Å². The minimum Gasteiger partial charge on any atom is -0.352 e. The largest absolute Gasteiger partial charge is 0.352 e. The van der Waals surface area contributed by atoms with Crippen molar-refractivity contribution in [3.63, 3.8) is 0 Å². The molecular weight excluding hydrogens is 232 g/mol. The smallest absolute Gasteiger partial charge is 0.237 e. The van der Waals surface area contributed by atoms with Crippen molar-refractivity contribution in [1.82, 2.24) is 5.32 Å². The maximum Gasteiger partial charge on any atom is 0.237 e. The van der Waals surface area contributed by atoms with Crippen LogP contribution in [-0.2, 0) is 14.3 Å². The van der Waals surface area contributed by atoms with Crippen LogP contribution in [0.5, 0.6) is 0 Å². The van der Waals surface area contributed by atoms with Crippen molar-refractivity contribution in [2.45, 2.75) is 63.3 Å². The number of nitrogens with one attached hydrogen (secondary N) is 1. The lowest BCUT2D eigenvalue weighted by Crippen LogP contribution is -2.48. The summed E-state index contributed by atoms with van der Waals surface area (Å²) in [5.41, 5.74) is 5.80. The van der Waals surface area contributed by atoms with Gasteiger partial charge >= 0.3 is 0 Å². The number of carbonyl (C=O) groups is 1. The first-order chi connectivity index (χ1) is 8.65. The molecule has 0 bridgehead atoms. The summed E-state index contributed by atoms with van der Waals surface area (Å²) in [6, 6.07) is -0.149. The number of hydrogen-bond acceptors (Lipinski definition) is 4. The second-order valence-electron chi connectivity index (χ2n) is 5.29. The number of amides is 1. The van der Waals surface area contributed by atoms with Crippen LogP contribution >= 0.6 is 0 Å². The van der Waals surface area contributed by atoms with E-state index in [1.54, 1.807) is 0 Å². The highest BCUT2D eigenvalue weighted by Gasteiger charge is 2.40. The van der Waals surface area contributed by atoms with Crippen LogP contribution in [0, 0.1) is 0 Å². The fourth-order valence-electron chi connectivity index (χ4n) is 2.74. The fourth-order valence-corrected chi connectivity index (χ4v) is 2.74. The summed E-state index contributed by atoms with van der Waals surface area (Å²) in [5.74, 6) is -0.377.